The Morgan fingerprint density at radius 3 is 2.44 bits per heavy atom. The quantitative estimate of drug-likeness (QED) is 0.684. The van der Waals surface area contributed by atoms with E-state index in [1.807, 2.05) is 43.3 Å². The Balaban J connectivity index is 2.03. The van der Waals surface area contributed by atoms with Gasteiger partial charge in [-0.2, -0.15) is 0 Å². The van der Waals surface area contributed by atoms with Gasteiger partial charge < -0.3 is 24.3 Å². The molecule has 0 heterocycles. The maximum Gasteiger partial charge on any atom is 0.244 e. The summed E-state index contributed by atoms with van der Waals surface area (Å²) in [6.07, 6.45) is 3.20. The lowest BCUT2D eigenvalue weighted by Gasteiger charge is -2.12. The Morgan fingerprint density at radius 2 is 1.78 bits per heavy atom. The first-order chi connectivity index (χ1) is 13.1. The SMILES string of the molecule is CCOc1cc(/C=C/C(=O)NCc2cccc(OC)c2OC)ccc1OC. The minimum absolute atomic E-state index is 0.214. The molecule has 0 radical (unpaired) electrons. The fraction of sp³-hybridized carbons (Fsp3) is 0.286. The van der Waals surface area contributed by atoms with Crippen LogP contribution >= 0.6 is 0 Å². The second-order valence-electron chi connectivity index (χ2n) is 5.55. The molecule has 1 amide bonds. The molecule has 144 valence electrons. The lowest BCUT2D eigenvalue weighted by atomic mass is 10.1. The highest BCUT2D eigenvalue weighted by atomic mass is 16.5. The van der Waals surface area contributed by atoms with Crippen molar-refractivity contribution < 1.29 is 23.7 Å². The van der Waals surface area contributed by atoms with Crippen LogP contribution in [0.3, 0.4) is 0 Å². The van der Waals surface area contributed by atoms with Crippen LogP contribution in [0.15, 0.2) is 42.5 Å². The van der Waals surface area contributed by atoms with Gasteiger partial charge in [0.05, 0.1) is 27.9 Å². The Labute approximate surface area is 159 Å². The third-order valence-corrected chi connectivity index (χ3v) is 3.85. The van der Waals surface area contributed by atoms with E-state index in [1.165, 1.54) is 6.08 Å². The molecule has 6 nitrogen and oxygen atoms in total. The Kier molecular flexibility index (Phi) is 7.55. The van der Waals surface area contributed by atoms with Crippen molar-refractivity contribution in [2.75, 3.05) is 27.9 Å². The molecule has 0 aliphatic rings. The zero-order chi connectivity index (χ0) is 19.6. The Hall–Kier alpha value is -3.15. The van der Waals surface area contributed by atoms with E-state index < -0.39 is 0 Å². The van der Waals surface area contributed by atoms with Crippen molar-refractivity contribution in [3.05, 3.63) is 53.6 Å². The molecule has 2 aromatic rings. The van der Waals surface area contributed by atoms with Crippen LogP contribution in [0.1, 0.15) is 18.1 Å². The van der Waals surface area contributed by atoms with Gasteiger partial charge in [0.25, 0.3) is 0 Å². The molecule has 0 aliphatic carbocycles. The largest absolute Gasteiger partial charge is 0.493 e. The summed E-state index contributed by atoms with van der Waals surface area (Å²) in [6.45, 7) is 2.77. The van der Waals surface area contributed by atoms with Crippen LogP contribution in [0.5, 0.6) is 23.0 Å². The first kappa shape index (κ1) is 20.2. The molecule has 0 unspecified atom stereocenters. The first-order valence-electron chi connectivity index (χ1n) is 8.59. The van der Waals surface area contributed by atoms with Crippen molar-refractivity contribution in [2.24, 2.45) is 0 Å². The van der Waals surface area contributed by atoms with Crippen LogP contribution in [0, 0.1) is 0 Å². The molecule has 2 aromatic carbocycles. The third kappa shape index (κ3) is 5.41. The van der Waals surface area contributed by atoms with Gasteiger partial charge in [0.1, 0.15) is 0 Å². The monoisotopic (exact) mass is 371 g/mol. The summed E-state index contributed by atoms with van der Waals surface area (Å²) in [6, 6.07) is 11.0. The van der Waals surface area contributed by atoms with Crippen molar-refractivity contribution in [1.29, 1.82) is 0 Å². The fourth-order valence-corrected chi connectivity index (χ4v) is 2.57. The van der Waals surface area contributed by atoms with Crippen LogP contribution in [-0.4, -0.2) is 33.8 Å². The minimum Gasteiger partial charge on any atom is -0.493 e. The van der Waals surface area contributed by atoms with E-state index in [4.69, 9.17) is 18.9 Å². The fourth-order valence-electron chi connectivity index (χ4n) is 2.57. The number of methoxy groups -OCH3 is 3. The topological polar surface area (TPSA) is 66.0 Å². The third-order valence-electron chi connectivity index (χ3n) is 3.85. The molecule has 0 aromatic heterocycles. The molecule has 0 saturated carbocycles. The van der Waals surface area contributed by atoms with Gasteiger partial charge in [0.2, 0.25) is 5.91 Å². The van der Waals surface area contributed by atoms with Gasteiger partial charge in [-0.3, -0.25) is 4.79 Å². The lowest BCUT2D eigenvalue weighted by Crippen LogP contribution is -2.20. The number of carbonyl (C=O) groups is 1. The van der Waals surface area contributed by atoms with Crippen molar-refractivity contribution in [3.63, 3.8) is 0 Å². The highest BCUT2D eigenvalue weighted by Gasteiger charge is 2.10. The summed E-state index contributed by atoms with van der Waals surface area (Å²) in [4.78, 5) is 12.2. The first-order valence-corrected chi connectivity index (χ1v) is 8.59. The predicted octanol–water partition coefficient (Wildman–Crippen LogP) is 3.44. The molecule has 0 atom stereocenters. The highest BCUT2D eigenvalue weighted by molar-refractivity contribution is 5.91. The molecule has 1 N–H and O–H groups in total. The minimum atomic E-state index is -0.214. The van der Waals surface area contributed by atoms with Crippen LogP contribution in [0.25, 0.3) is 6.08 Å². The second kappa shape index (κ2) is 10.1. The maximum absolute atomic E-state index is 12.2. The van der Waals surface area contributed by atoms with Crippen molar-refractivity contribution in [3.8, 4) is 23.0 Å². The number of hydrogen-bond donors (Lipinski definition) is 1. The van der Waals surface area contributed by atoms with E-state index in [0.717, 1.165) is 11.1 Å². The van der Waals surface area contributed by atoms with Gasteiger partial charge >= 0.3 is 0 Å². The van der Waals surface area contributed by atoms with Crippen molar-refractivity contribution in [1.82, 2.24) is 5.32 Å². The Morgan fingerprint density at radius 1 is 1.00 bits per heavy atom. The lowest BCUT2D eigenvalue weighted by molar-refractivity contribution is -0.116. The molecule has 0 spiro atoms. The van der Waals surface area contributed by atoms with E-state index in [2.05, 4.69) is 5.32 Å². The van der Waals surface area contributed by atoms with Crippen LogP contribution in [0.2, 0.25) is 0 Å². The number of nitrogens with one attached hydrogen (secondary N) is 1. The second-order valence-corrected chi connectivity index (χ2v) is 5.55. The van der Waals surface area contributed by atoms with Gasteiger partial charge in [-0.1, -0.05) is 18.2 Å². The highest BCUT2D eigenvalue weighted by Crippen LogP contribution is 2.30. The van der Waals surface area contributed by atoms with E-state index in [9.17, 15) is 4.79 Å². The number of para-hydroxylation sites is 1. The molecule has 0 bridgehead atoms. The number of benzene rings is 2. The smallest absolute Gasteiger partial charge is 0.244 e. The number of amides is 1. The Bertz CT molecular complexity index is 801. The zero-order valence-corrected chi connectivity index (χ0v) is 16.1. The van der Waals surface area contributed by atoms with Gasteiger partial charge in [0.15, 0.2) is 23.0 Å². The van der Waals surface area contributed by atoms with E-state index in [1.54, 1.807) is 27.4 Å². The van der Waals surface area contributed by atoms with Gasteiger partial charge in [-0.05, 0) is 36.8 Å². The molecule has 6 heteroatoms. The number of rotatable bonds is 9. The molecular weight excluding hydrogens is 346 g/mol. The average molecular weight is 371 g/mol. The molecule has 0 aliphatic heterocycles. The molecule has 0 fully saturated rings. The van der Waals surface area contributed by atoms with Gasteiger partial charge in [0, 0.05) is 18.2 Å². The summed E-state index contributed by atoms with van der Waals surface area (Å²) in [5.74, 6) is 2.32. The zero-order valence-electron chi connectivity index (χ0n) is 16.1. The molecule has 2 rings (SSSR count). The van der Waals surface area contributed by atoms with Crippen molar-refractivity contribution >= 4 is 12.0 Å². The van der Waals surface area contributed by atoms with Crippen LogP contribution in [-0.2, 0) is 11.3 Å². The normalized spacial score (nSPS) is 10.5. The predicted molar refractivity (Wildman–Crippen MR) is 105 cm³/mol. The summed E-state index contributed by atoms with van der Waals surface area (Å²) in [5.41, 5.74) is 1.68. The summed E-state index contributed by atoms with van der Waals surface area (Å²) < 4.78 is 21.4. The number of carbonyl (C=O) groups excluding carboxylic acids is 1. The summed E-state index contributed by atoms with van der Waals surface area (Å²) in [7, 11) is 4.74. The standard InChI is InChI=1S/C21H25NO5/c1-5-27-19-13-15(9-11-17(19)24-2)10-12-20(23)22-14-16-7-6-8-18(25-3)21(16)26-4/h6-13H,5,14H2,1-4H3,(H,22,23)/b12-10+. The van der Waals surface area contributed by atoms with E-state index >= 15 is 0 Å². The summed E-state index contributed by atoms with van der Waals surface area (Å²) >= 11 is 0. The van der Waals surface area contributed by atoms with Crippen molar-refractivity contribution in [2.45, 2.75) is 13.5 Å². The van der Waals surface area contributed by atoms with Crippen LogP contribution < -0.4 is 24.3 Å². The molecule has 0 saturated heterocycles. The number of ether oxygens (including phenoxy) is 4. The maximum atomic E-state index is 12.2. The van der Waals surface area contributed by atoms with E-state index in [0.29, 0.717) is 36.1 Å². The van der Waals surface area contributed by atoms with Gasteiger partial charge in [-0.15, -0.1) is 0 Å². The number of hydrogen-bond acceptors (Lipinski definition) is 5. The van der Waals surface area contributed by atoms with Gasteiger partial charge in [-0.25, -0.2) is 0 Å². The van der Waals surface area contributed by atoms with Crippen LogP contribution in [0.4, 0.5) is 0 Å². The molecule has 27 heavy (non-hydrogen) atoms. The molecular formula is C21H25NO5. The van der Waals surface area contributed by atoms with E-state index in [-0.39, 0.29) is 5.91 Å². The summed E-state index contributed by atoms with van der Waals surface area (Å²) in [5, 5.41) is 2.84. The average Bonchev–Trinajstić information content (AvgIpc) is 2.70.